The molecule has 0 aromatic carbocycles. The second kappa shape index (κ2) is 10.4. The van der Waals surface area contributed by atoms with Crippen molar-refractivity contribution >= 4 is 0 Å². The first-order valence-corrected chi connectivity index (χ1v) is 7.20. The van der Waals surface area contributed by atoms with Gasteiger partial charge in [-0.3, -0.25) is 0 Å². The van der Waals surface area contributed by atoms with Gasteiger partial charge in [0.15, 0.2) is 11.5 Å². The molecule has 1 aliphatic heterocycles. The Morgan fingerprint density at radius 2 is 0.857 bits per heavy atom. The highest BCUT2D eigenvalue weighted by Crippen LogP contribution is 2.26. The Morgan fingerprint density at radius 1 is 0.524 bits per heavy atom. The molecule has 1 aromatic heterocycles. The molecule has 0 spiro atoms. The van der Waals surface area contributed by atoms with Crippen molar-refractivity contribution in [3.8, 4) is 11.5 Å². The maximum absolute atomic E-state index is 5.59. The molecule has 0 unspecified atom stereocenters. The minimum Gasteiger partial charge on any atom is -0.486 e. The highest BCUT2D eigenvalue weighted by molar-refractivity contribution is 5.36. The Kier molecular flexibility index (Phi) is 8.01. The molecule has 1 aliphatic rings. The highest BCUT2D eigenvalue weighted by Gasteiger charge is 2.06. The van der Waals surface area contributed by atoms with Crippen molar-refractivity contribution in [3.63, 3.8) is 0 Å². The maximum atomic E-state index is 5.59. The van der Waals surface area contributed by atoms with Crippen molar-refractivity contribution in [2.24, 2.45) is 0 Å². The van der Waals surface area contributed by atoms with Crippen LogP contribution in [0, 0.1) is 0 Å². The summed E-state index contributed by atoms with van der Waals surface area (Å²) in [5.41, 5.74) is 0. The van der Waals surface area contributed by atoms with Gasteiger partial charge in [0.25, 0.3) is 0 Å². The van der Waals surface area contributed by atoms with Gasteiger partial charge in [-0.1, -0.05) is 0 Å². The van der Waals surface area contributed by atoms with Crippen molar-refractivity contribution in [1.29, 1.82) is 0 Å². The molecule has 2 heterocycles. The van der Waals surface area contributed by atoms with Crippen LogP contribution in [0.1, 0.15) is 0 Å². The molecule has 21 heavy (non-hydrogen) atoms. The topological polar surface area (TPSA) is 71.2 Å². The molecule has 0 saturated heterocycles. The maximum Gasteiger partial charge on any atom is 0.178 e. The van der Waals surface area contributed by atoms with Crippen molar-refractivity contribution in [2.45, 2.75) is 0 Å². The molecule has 7 nitrogen and oxygen atoms in total. The lowest BCUT2D eigenvalue weighted by atomic mass is 10.5. The van der Waals surface area contributed by atoms with Gasteiger partial charge in [-0.15, -0.1) is 0 Å². The monoisotopic (exact) mass is 301 g/mol. The third-order valence-electron chi connectivity index (χ3n) is 2.76. The van der Waals surface area contributed by atoms with Crippen LogP contribution in [0.3, 0.4) is 0 Å². The molecule has 0 radical (unpaired) electrons. The number of rotatable bonds is 0. The van der Waals surface area contributed by atoms with Crippen molar-refractivity contribution in [3.05, 3.63) is 12.4 Å². The SMILES string of the molecule is c1[nH]cc2c1OCCOCCOCCOCCOCCO2. The van der Waals surface area contributed by atoms with E-state index in [-0.39, 0.29) is 0 Å². The van der Waals surface area contributed by atoms with Gasteiger partial charge in [0.05, 0.1) is 52.9 Å². The summed E-state index contributed by atoms with van der Waals surface area (Å²) in [6.45, 7) is 5.27. The number of H-pyrrole nitrogens is 1. The smallest absolute Gasteiger partial charge is 0.178 e. The van der Waals surface area contributed by atoms with Gasteiger partial charge < -0.3 is 33.4 Å². The summed E-state index contributed by atoms with van der Waals surface area (Å²) in [5.74, 6) is 1.36. The zero-order chi connectivity index (χ0) is 14.6. The van der Waals surface area contributed by atoms with Crippen LogP contribution in [0.4, 0.5) is 0 Å². The standard InChI is InChI=1S/C14H23NO6/c1-2-17-4-6-19-8-10-21-14-12-15-11-13(14)20-9-7-18-5-3-16-1/h11-12,15H,1-10H2. The van der Waals surface area contributed by atoms with E-state index in [0.717, 1.165) is 0 Å². The lowest BCUT2D eigenvalue weighted by molar-refractivity contribution is -0.00836. The molecule has 0 bridgehead atoms. The van der Waals surface area contributed by atoms with Crippen LogP contribution in [0.25, 0.3) is 0 Å². The zero-order valence-electron chi connectivity index (χ0n) is 12.2. The molecule has 1 aromatic rings. The third kappa shape index (κ3) is 6.81. The second-order valence-electron chi connectivity index (χ2n) is 4.33. The van der Waals surface area contributed by atoms with Gasteiger partial charge in [-0.25, -0.2) is 0 Å². The molecule has 0 atom stereocenters. The predicted octanol–water partition coefficient (Wildman–Crippen LogP) is 0.852. The summed E-state index contributed by atoms with van der Waals surface area (Å²) >= 11 is 0. The van der Waals surface area contributed by atoms with Crippen LogP contribution in [-0.2, 0) is 18.9 Å². The van der Waals surface area contributed by atoms with E-state index in [9.17, 15) is 0 Å². The van der Waals surface area contributed by atoms with Crippen molar-refractivity contribution < 1.29 is 28.4 Å². The van der Waals surface area contributed by atoms with E-state index in [4.69, 9.17) is 28.4 Å². The van der Waals surface area contributed by atoms with Crippen LogP contribution >= 0.6 is 0 Å². The first kappa shape index (κ1) is 16.1. The van der Waals surface area contributed by atoms with Crippen LogP contribution in [0.2, 0.25) is 0 Å². The first-order chi connectivity index (χ1) is 10.5. The number of hydrogen-bond acceptors (Lipinski definition) is 6. The second-order valence-corrected chi connectivity index (χ2v) is 4.33. The molecule has 120 valence electrons. The van der Waals surface area contributed by atoms with Gasteiger partial charge >= 0.3 is 0 Å². The molecule has 0 amide bonds. The summed E-state index contributed by atoms with van der Waals surface area (Å²) in [5, 5.41) is 0. The Bertz CT molecular complexity index is 338. The van der Waals surface area contributed by atoms with E-state index in [1.807, 2.05) is 0 Å². The zero-order valence-corrected chi connectivity index (χ0v) is 12.2. The van der Waals surface area contributed by atoms with Crippen LogP contribution in [-0.4, -0.2) is 71.1 Å². The fourth-order valence-electron chi connectivity index (χ4n) is 1.74. The molecule has 7 heteroatoms. The van der Waals surface area contributed by atoms with Crippen LogP contribution in [0.15, 0.2) is 12.4 Å². The van der Waals surface area contributed by atoms with E-state index in [0.29, 0.717) is 77.6 Å². The number of nitrogens with one attached hydrogen (secondary N) is 1. The van der Waals surface area contributed by atoms with Gasteiger partial charge in [-0.2, -0.15) is 0 Å². The van der Waals surface area contributed by atoms with Crippen LogP contribution < -0.4 is 9.47 Å². The van der Waals surface area contributed by atoms with E-state index >= 15 is 0 Å². The third-order valence-corrected chi connectivity index (χ3v) is 2.76. The van der Waals surface area contributed by atoms with Gasteiger partial charge in [0, 0.05) is 12.4 Å². The number of aromatic nitrogens is 1. The minimum absolute atomic E-state index is 0.466. The largest absolute Gasteiger partial charge is 0.486 e. The summed E-state index contributed by atoms with van der Waals surface area (Å²) in [4.78, 5) is 2.96. The number of ether oxygens (including phenoxy) is 6. The van der Waals surface area contributed by atoms with E-state index in [1.165, 1.54) is 0 Å². The fraction of sp³-hybridized carbons (Fsp3) is 0.714. The van der Waals surface area contributed by atoms with E-state index in [1.54, 1.807) is 12.4 Å². The molecule has 0 saturated carbocycles. The molecule has 0 aliphatic carbocycles. The van der Waals surface area contributed by atoms with Gasteiger partial charge in [0.1, 0.15) is 13.2 Å². The summed E-state index contributed by atoms with van der Waals surface area (Å²) in [6, 6.07) is 0. The minimum atomic E-state index is 0.466. The lowest BCUT2D eigenvalue weighted by Crippen LogP contribution is -2.15. The molecule has 0 fully saturated rings. The predicted molar refractivity (Wildman–Crippen MR) is 75.1 cm³/mol. The Hall–Kier alpha value is -1.28. The van der Waals surface area contributed by atoms with E-state index < -0.39 is 0 Å². The number of fused-ring (bicyclic) bond motifs is 1. The molecular weight excluding hydrogens is 278 g/mol. The number of hydrogen-bond donors (Lipinski definition) is 1. The average molecular weight is 301 g/mol. The van der Waals surface area contributed by atoms with Crippen molar-refractivity contribution in [2.75, 3.05) is 66.1 Å². The summed E-state index contributed by atoms with van der Waals surface area (Å²) in [7, 11) is 0. The quantitative estimate of drug-likeness (QED) is 0.766. The number of aromatic amines is 1. The van der Waals surface area contributed by atoms with Crippen LogP contribution in [0.5, 0.6) is 11.5 Å². The molecule has 1 N–H and O–H groups in total. The average Bonchev–Trinajstić information content (AvgIpc) is 2.93. The highest BCUT2D eigenvalue weighted by atomic mass is 16.6. The van der Waals surface area contributed by atoms with Gasteiger partial charge in [-0.05, 0) is 0 Å². The molecule has 2 rings (SSSR count). The molecular formula is C14H23NO6. The first-order valence-electron chi connectivity index (χ1n) is 7.20. The Morgan fingerprint density at radius 3 is 1.24 bits per heavy atom. The Labute approximate surface area is 124 Å². The normalized spacial score (nSPS) is 20.4. The lowest BCUT2D eigenvalue weighted by Gasteiger charge is -2.11. The Balaban J connectivity index is 1.73. The summed E-state index contributed by atoms with van der Waals surface area (Å²) < 4.78 is 32.7. The van der Waals surface area contributed by atoms with Gasteiger partial charge in [0.2, 0.25) is 0 Å². The van der Waals surface area contributed by atoms with Crippen molar-refractivity contribution in [1.82, 2.24) is 4.98 Å². The fourth-order valence-corrected chi connectivity index (χ4v) is 1.74. The van der Waals surface area contributed by atoms with E-state index in [2.05, 4.69) is 4.98 Å². The summed E-state index contributed by atoms with van der Waals surface area (Å²) in [6.07, 6.45) is 3.51.